The number of para-hydroxylation sites is 1. The smallest absolute Gasteiger partial charge is 0.253 e. The minimum atomic E-state index is -0.221. The van der Waals surface area contributed by atoms with Gasteiger partial charge >= 0.3 is 0 Å². The van der Waals surface area contributed by atoms with Crippen LogP contribution in [-0.4, -0.2) is 17.1 Å². The summed E-state index contributed by atoms with van der Waals surface area (Å²) in [6.45, 7) is 1.92. The summed E-state index contributed by atoms with van der Waals surface area (Å²) in [5, 5.41) is 5.83. The van der Waals surface area contributed by atoms with E-state index >= 15 is 0 Å². The monoisotopic (exact) mass is 360 g/mol. The number of benzene rings is 2. The summed E-state index contributed by atoms with van der Waals surface area (Å²) in [5.41, 5.74) is 1.97. The van der Waals surface area contributed by atoms with E-state index in [2.05, 4.69) is 26.6 Å². The first-order chi connectivity index (χ1) is 10.6. The molecule has 0 spiro atoms. The summed E-state index contributed by atoms with van der Waals surface area (Å²) in [6.07, 6.45) is 0. The van der Waals surface area contributed by atoms with E-state index in [1.165, 1.54) is 0 Å². The number of carbonyl (C=O) groups is 2. The molecule has 0 aliphatic carbocycles. The van der Waals surface area contributed by atoms with Gasteiger partial charge < -0.3 is 10.6 Å². The van der Waals surface area contributed by atoms with Gasteiger partial charge in [0.15, 0.2) is 0 Å². The van der Waals surface area contributed by atoms with Crippen LogP contribution in [-0.2, 0) is 4.79 Å². The van der Waals surface area contributed by atoms with Gasteiger partial charge in [-0.2, -0.15) is 0 Å². The van der Waals surface area contributed by atoms with E-state index in [4.69, 9.17) is 0 Å². The Labute approximate surface area is 138 Å². The Balaban J connectivity index is 2.14. The van der Waals surface area contributed by atoms with Crippen molar-refractivity contribution in [1.82, 2.24) is 5.32 Å². The van der Waals surface area contributed by atoms with Gasteiger partial charge in [0.1, 0.15) is 0 Å². The van der Waals surface area contributed by atoms with Crippen molar-refractivity contribution >= 4 is 33.4 Å². The van der Waals surface area contributed by atoms with Crippen molar-refractivity contribution in [3.05, 3.63) is 65.7 Å². The molecule has 22 heavy (non-hydrogen) atoms. The van der Waals surface area contributed by atoms with Crippen LogP contribution in [0, 0.1) is 0 Å². The number of rotatable bonds is 5. The van der Waals surface area contributed by atoms with Crippen molar-refractivity contribution in [3.63, 3.8) is 0 Å². The normalized spacial score (nSPS) is 11.5. The van der Waals surface area contributed by atoms with Crippen LogP contribution in [0.1, 0.15) is 28.9 Å². The van der Waals surface area contributed by atoms with E-state index in [0.29, 0.717) is 11.3 Å². The van der Waals surface area contributed by atoms with Gasteiger partial charge in [-0.05, 0) is 24.6 Å². The molecule has 0 bridgehead atoms. The second kappa shape index (κ2) is 7.75. The highest BCUT2D eigenvalue weighted by atomic mass is 79.9. The van der Waals surface area contributed by atoms with E-state index in [1.807, 2.05) is 37.3 Å². The molecule has 0 heterocycles. The summed E-state index contributed by atoms with van der Waals surface area (Å²) < 4.78 is 0. The van der Waals surface area contributed by atoms with Gasteiger partial charge in [-0.3, -0.25) is 9.59 Å². The lowest BCUT2D eigenvalue weighted by atomic mass is 10.1. The molecule has 0 saturated heterocycles. The van der Waals surface area contributed by atoms with Crippen LogP contribution in [0.2, 0.25) is 0 Å². The molecule has 1 atom stereocenters. The predicted octanol–water partition coefficient (Wildman–Crippen LogP) is 3.51. The van der Waals surface area contributed by atoms with E-state index < -0.39 is 0 Å². The maximum absolute atomic E-state index is 12.4. The van der Waals surface area contributed by atoms with E-state index in [-0.39, 0.29) is 23.2 Å². The molecule has 2 N–H and O–H groups in total. The summed E-state index contributed by atoms with van der Waals surface area (Å²) in [6, 6.07) is 16.6. The van der Waals surface area contributed by atoms with Crippen molar-refractivity contribution < 1.29 is 9.59 Å². The first kappa shape index (κ1) is 16.2. The van der Waals surface area contributed by atoms with Gasteiger partial charge in [-0.1, -0.05) is 58.4 Å². The Morgan fingerprint density at radius 3 is 2.36 bits per heavy atom. The lowest BCUT2D eigenvalue weighted by molar-refractivity contribution is -0.113. The predicted molar refractivity (Wildman–Crippen MR) is 91.2 cm³/mol. The van der Waals surface area contributed by atoms with Crippen molar-refractivity contribution in [2.75, 3.05) is 10.6 Å². The Bertz CT molecular complexity index is 659. The van der Waals surface area contributed by atoms with E-state index in [0.717, 1.165) is 5.56 Å². The van der Waals surface area contributed by atoms with Crippen LogP contribution < -0.4 is 10.6 Å². The standard InChI is InChI=1S/C17H17BrN2O2/c1-12(13-7-3-2-4-8-13)19-17(22)14-9-5-6-10-15(14)20-16(21)11-18/h2-10,12H,11H2,1H3,(H,19,22)(H,20,21). The third kappa shape index (κ3) is 4.18. The molecule has 1 unspecified atom stereocenters. The minimum absolute atomic E-state index is 0.117. The number of halogens is 1. The fraction of sp³-hybridized carbons (Fsp3) is 0.176. The zero-order valence-electron chi connectivity index (χ0n) is 12.2. The van der Waals surface area contributed by atoms with Gasteiger partial charge in [0.05, 0.1) is 22.6 Å². The van der Waals surface area contributed by atoms with Gasteiger partial charge in [-0.25, -0.2) is 0 Å². The second-order valence-electron chi connectivity index (χ2n) is 4.83. The number of anilines is 1. The number of hydrogen-bond donors (Lipinski definition) is 2. The highest BCUT2D eigenvalue weighted by Gasteiger charge is 2.15. The fourth-order valence-corrected chi connectivity index (χ4v) is 2.21. The molecule has 5 heteroatoms. The van der Waals surface area contributed by atoms with Crippen molar-refractivity contribution in [2.45, 2.75) is 13.0 Å². The average Bonchev–Trinajstić information content (AvgIpc) is 2.55. The summed E-state index contributed by atoms with van der Waals surface area (Å²) in [5.74, 6) is -0.418. The Hall–Kier alpha value is -2.14. The Morgan fingerprint density at radius 1 is 1.05 bits per heavy atom. The number of carbonyl (C=O) groups excluding carboxylic acids is 2. The molecular weight excluding hydrogens is 344 g/mol. The van der Waals surface area contributed by atoms with Gasteiger partial charge in [-0.15, -0.1) is 0 Å². The highest BCUT2D eigenvalue weighted by molar-refractivity contribution is 9.09. The van der Waals surface area contributed by atoms with Gasteiger partial charge in [0, 0.05) is 0 Å². The van der Waals surface area contributed by atoms with Crippen LogP contribution >= 0.6 is 15.9 Å². The first-order valence-electron chi connectivity index (χ1n) is 6.92. The molecule has 0 aliphatic rings. The van der Waals surface area contributed by atoms with E-state index in [9.17, 15) is 9.59 Å². The molecule has 2 aromatic carbocycles. The molecule has 0 aliphatic heterocycles. The zero-order chi connectivity index (χ0) is 15.9. The molecule has 0 radical (unpaired) electrons. The third-order valence-electron chi connectivity index (χ3n) is 3.21. The molecule has 0 saturated carbocycles. The third-order valence-corrected chi connectivity index (χ3v) is 3.72. The molecule has 2 aromatic rings. The van der Waals surface area contributed by atoms with Gasteiger partial charge in [0.25, 0.3) is 5.91 Å². The van der Waals surface area contributed by atoms with Crippen LogP contribution in [0.25, 0.3) is 0 Å². The van der Waals surface area contributed by atoms with Crippen LogP contribution in [0.4, 0.5) is 5.69 Å². The quantitative estimate of drug-likeness (QED) is 0.801. The maximum atomic E-state index is 12.4. The number of hydrogen-bond acceptors (Lipinski definition) is 2. The maximum Gasteiger partial charge on any atom is 0.253 e. The summed E-state index contributed by atoms with van der Waals surface area (Å²) in [4.78, 5) is 24.0. The molecular formula is C17H17BrN2O2. The van der Waals surface area contributed by atoms with E-state index in [1.54, 1.807) is 24.3 Å². The van der Waals surface area contributed by atoms with Crippen molar-refractivity contribution in [3.8, 4) is 0 Å². The van der Waals surface area contributed by atoms with Crippen LogP contribution in [0.5, 0.6) is 0 Å². The minimum Gasteiger partial charge on any atom is -0.345 e. The lowest BCUT2D eigenvalue weighted by Crippen LogP contribution is -2.28. The SMILES string of the molecule is CC(NC(=O)c1ccccc1NC(=O)CBr)c1ccccc1. The molecule has 2 rings (SSSR count). The van der Waals surface area contributed by atoms with Gasteiger partial charge in [0.2, 0.25) is 5.91 Å². The number of amides is 2. The topological polar surface area (TPSA) is 58.2 Å². The van der Waals surface area contributed by atoms with Crippen LogP contribution in [0.15, 0.2) is 54.6 Å². The number of alkyl halides is 1. The number of nitrogens with one attached hydrogen (secondary N) is 2. The lowest BCUT2D eigenvalue weighted by Gasteiger charge is -2.16. The Kier molecular flexibility index (Phi) is 5.72. The van der Waals surface area contributed by atoms with Crippen LogP contribution in [0.3, 0.4) is 0 Å². The molecule has 0 aromatic heterocycles. The first-order valence-corrected chi connectivity index (χ1v) is 8.04. The van der Waals surface area contributed by atoms with Crippen molar-refractivity contribution in [1.29, 1.82) is 0 Å². The Morgan fingerprint density at radius 2 is 1.68 bits per heavy atom. The molecule has 0 fully saturated rings. The molecule has 2 amide bonds. The molecule has 4 nitrogen and oxygen atoms in total. The fourth-order valence-electron chi connectivity index (χ4n) is 2.07. The zero-order valence-corrected chi connectivity index (χ0v) is 13.8. The average molecular weight is 361 g/mol. The van der Waals surface area contributed by atoms with Crippen molar-refractivity contribution in [2.24, 2.45) is 0 Å². The highest BCUT2D eigenvalue weighted by Crippen LogP contribution is 2.18. The summed E-state index contributed by atoms with van der Waals surface area (Å²) in [7, 11) is 0. The second-order valence-corrected chi connectivity index (χ2v) is 5.39. The summed E-state index contributed by atoms with van der Waals surface area (Å²) >= 11 is 3.09. The molecule has 114 valence electrons. The largest absolute Gasteiger partial charge is 0.345 e.